The van der Waals surface area contributed by atoms with Gasteiger partial charge in [0.1, 0.15) is 17.2 Å². The van der Waals surface area contributed by atoms with Gasteiger partial charge in [0.15, 0.2) is 0 Å². The van der Waals surface area contributed by atoms with Crippen LogP contribution in [0.15, 0.2) is 66.7 Å². The Bertz CT molecular complexity index is 976. The van der Waals surface area contributed by atoms with Crippen molar-refractivity contribution >= 4 is 23.2 Å². The number of hydrogen-bond acceptors (Lipinski definition) is 4. The van der Waals surface area contributed by atoms with Gasteiger partial charge in [-0.25, -0.2) is 0 Å². The van der Waals surface area contributed by atoms with Crippen LogP contribution in [0.5, 0.6) is 17.2 Å². The van der Waals surface area contributed by atoms with Crippen molar-refractivity contribution in [3.05, 3.63) is 71.8 Å². The highest BCUT2D eigenvalue weighted by Crippen LogP contribution is 2.36. The molecular formula is C23H22ClNO4. The monoisotopic (exact) mass is 411 g/mol. The fourth-order valence-corrected chi connectivity index (χ4v) is 3.10. The summed E-state index contributed by atoms with van der Waals surface area (Å²) in [6.45, 7) is 0.239. The highest BCUT2D eigenvalue weighted by molar-refractivity contribution is 6.32. The van der Waals surface area contributed by atoms with E-state index in [2.05, 4.69) is 5.32 Å². The first-order valence-corrected chi connectivity index (χ1v) is 9.48. The maximum absolute atomic E-state index is 12.4. The summed E-state index contributed by atoms with van der Waals surface area (Å²) >= 11 is 6.10. The SMILES string of the molecule is COc1cc(NC(=O)CCOc2ccccc2-c2ccccc2)c(OC)cc1Cl. The van der Waals surface area contributed by atoms with Gasteiger partial charge in [0, 0.05) is 17.7 Å². The fourth-order valence-electron chi connectivity index (χ4n) is 2.87. The van der Waals surface area contributed by atoms with Crippen LogP contribution in [0.2, 0.25) is 5.02 Å². The third-order valence-electron chi connectivity index (χ3n) is 4.31. The van der Waals surface area contributed by atoms with Crippen LogP contribution >= 0.6 is 11.6 Å². The normalized spacial score (nSPS) is 10.3. The van der Waals surface area contributed by atoms with Crippen molar-refractivity contribution in [1.29, 1.82) is 0 Å². The summed E-state index contributed by atoms with van der Waals surface area (Å²) in [4.78, 5) is 12.4. The molecule has 0 aromatic heterocycles. The number of para-hydroxylation sites is 1. The van der Waals surface area contributed by atoms with Gasteiger partial charge in [-0.3, -0.25) is 4.79 Å². The third kappa shape index (κ3) is 5.21. The molecule has 0 heterocycles. The van der Waals surface area contributed by atoms with Crippen molar-refractivity contribution < 1.29 is 19.0 Å². The molecule has 0 atom stereocenters. The second kappa shape index (κ2) is 9.85. The molecule has 0 unspecified atom stereocenters. The topological polar surface area (TPSA) is 56.8 Å². The van der Waals surface area contributed by atoms with Gasteiger partial charge in [-0.05, 0) is 11.6 Å². The van der Waals surface area contributed by atoms with Crippen molar-refractivity contribution in [3.63, 3.8) is 0 Å². The van der Waals surface area contributed by atoms with Crippen LogP contribution in [0, 0.1) is 0 Å². The number of carbonyl (C=O) groups is 1. The number of nitrogens with one attached hydrogen (secondary N) is 1. The van der Waals surface area contributed by atoms with Gasteiger partial charge < -0.3 is 19.5 Å². The van der Waals surface area contributed by atoms with E-state index in [0.29, 0.717) is 22.2 Å². The number of ether oxygens (including phenoxy) is 3. The molecule has 3 rings (SSSR count). The van der Waals surface area contributed by atoms with E-state index in [1.807, 2.05) is 54.6 Å². The maximum Gasteiger partial charge on any atom is 0.227 e. The van der Waals surface area contributed by atoms with Gasteiger partial charge in [0.25, 0.3) is 0 Å². The minimum Gasteiger partial charge on any atom is -0.495 e. The quantitative estimate of drug-likeness (QED) is 0.536. The highest BCUT2D eigenvalue weighted by atomic mass is 35.5. The van der Waals surface area contributed by atoms with Gasteiger partial charge in [0.05, 0.1) is 38.0 Å². The third-order valence-corrected chi connectivity index (χ3v) is 4.60. The zero-order valence-electron chi connectivity index (χ0n) is 16.3. The van der Waals surface area contributed by atoms with Gasteiger partial charge in [-0.1, -0.05) is 60.1 Å². The summed E-state index contributed by atoms with van der Waals surface area (Å²) in [6, 6.07) is 21.0. The molecule has 0 bridgehead atoms. The Hall–Kier alpha value is -3.18. The van der Waals surface area contributed by atoms with Crippen molar-refractivity contribution in [3.8, 4) is 28.4 Å². The van der Waals surface area contributed by atoms with E-state index < -0.39 is 0 Å². The second-order valence-electron chi connectivity index (χ2n) is 6.20. The second-order valence-corrected chi connectivity index (χ2v) is 6.60. The molecule has 0 radical (unpaired) electrons. The molecule has 29 heavy (non-hydrogen) atoms. The lowest BCUT2D eigenvalue weighted by molar-refractivity contribution is -0.116. The number of anilines is 1. The number of halogens is 1. The molecule has 3 aromatic carbocycles. The molecule has 5 nitrogen and oxygen atoms in total. The zero-order valence-corrected chi connectivity index (χ0v) is 17.0. The van der Waals surface area contributed by atoms with Crippen LogP contribution in [-0.2, 0) is 4.79 Å². The van der Waals surface area contributed by atoms with Gasteiger partial charge in [0.2, 0.25) is 5.91 Å². The Balaban J connectivity index is 1.63. The minimum absolute atomic E-state index is 0.178. The summed E-state index contributed by atoms with van der Waals surface area (Å²) in [5, 5.41) is 3.22. The lowest BCUT2D eigenvalue weighted by Crippen LogP contribution is -2.16. The molecule has 0 spiro atoms. The molecule has 0 aliphatic heterocycles. The van der Waals surface area contributed by atoms with Crippen LogP contribution in [0.25, 0.3) is 11.1 Å². The van der Waals surface area contributed by atoms with Crippen LogP contribution in [-0.4, -0.2) is 26.7 Å². The smallest absolute Gasteiger partial charge is 0.227 e. The zero-order chi connectivity index (χ0) is 20.6. The van der Waals surface area contributed by atoms with Crippen LogP contribution in [0.3, 0.4) is 0 Å². The van der Waals surface area contributed by atoms with Crippen LogP contribution in [0.4, 0.5) is 5.69 Å². The predicted octanol–water partition coefficient (Wildman–Crippen LogP) is 5.43. The number of amides is 1. The summed E-state index contributed by atoms with van der Waals surface area (Å²) in [6.07, 6.45) is 0.178. The van der Waals surface area contributed by atoms with E-state index in [0.717, 1.165) is 16.9 Å². The molecular weight excluding hydrogens is 390 g/mol. The van der Waals surface area contributed by atoms with Crippen LogP contribution < -0.4 is 19.5 Å². The van der Waals surface area contributed by atoms with Gasteiger partial charge in [-0.2, -0.15) is 0 Å². The Morgan fingerprint density at radius 2 is 1.59 bits per heavy atom. The number of rotatable bonds is 8. The summed E-state index contributed by atoms with van der Waals surface area (Å²) in [5.41, 5.74) is 2.53. The number of benzene rings is 3. The van der Waals surface area contributed by atoms with E-state index >= 15 is 0 Å². The Morgan fingerprint density at radius 1 is 0.897 bits per heavy atom. The highest BCUT2D eigenvalue weighted by Gasteiger charge is 2.13. The first kappa shape index (κ1) is 20.6. The van der Waals surface area contributed by atoms with Gasteiger partial charge >= 0.3 is 0 Å². The molecule has 0 saturated carbocycles. The molecule has 150 valence electrons. The van der Waals surface area contributed by atoms with Crippen molar-refractivity contribution in [2.45, 2.75) is 6.42 Å². The average Bonchev–Trinajstić information content (AvgIpc) is 2.75. The van der Waals surface area contributed by atoms with E-state index in [4.69, 9.17) is 25.8 Å². The Labute approximate surface area is 175 Å². The fraction of sp³-hybridized carbons (Fsp3) is 0.174. The molecule has 3 aromatic rings. The molecule has 0 aliphatic rings. The predicted molar refractivity (Wildman–Crippen MR) is 115 cm³/mol. The lowest BCUT2D eigenvalue weighted by Gasteiger charge is -2.14. The van der Waals surface area contributed by atoms with Crippen LogP contribution in [0.1, 0.15) is 6.42 Å². The maximum atomic E-state index is 12.4. The van der Waals surface area contributed by atoms with Gasteiger partial charge in [-0.15, -0.1) is 0 Å². The largest absolute Gasteiger partial charge is 0.495 e. The minimum atomic E-state index is -0.204. The summed E-state index contributed by atoms with van der Waals surface area (Å²) in [7, 11) is 3.02. The van der Waals surface area contributed by atoms with Crippen molar-refractivity contribution in [1.82, 2.24) is 0 Å². The molecule has 0 saturated heterocycles. The Morgan fingerprint density at radius 3 is 2.31 bits per heavy atom. The standard InChI is InChI=1S/C23H22ClNO4/c1-27-21-15-19(22(28-2)14-18(21)24)25-23(26)12-13-29-20-11-7-6-10-17(20)16-8-4-3-5-9-16/h3-11,14-15H,12-13H2,1-2H3,(H,25,26). The molecule has 1 amide bonds. The molecule has 6 heteroatoms. The number of hydrogen-bond donors (Lipinski definition) is 1. The summed E-state index contributed by atoms with van der Waals surface area (Å²) in [5.74, 6) is 1.44. The first-order chi connectivity index (χ1) is 14.1. The number of methoxy groups -OCH3 is 2. The summed E-state index contributed by atoms with van der Waals surface area (Å²) < 4.78 is 16.4. The van der Waals surface area contributed by atoms with Crippen molar-refractivity contribution in [2.75, 3.05) is 26.1 Å². The molecule has 1 N–H and O–H groups in total. The van der Waals surface area contributed by atoms with E-state index in [1.54, 1.807) is 12.1 Å². The number of carbonyl (C=O) groups excluding carboxylic acids is 1. The first-order valence-electron chi connectivity index (χ1n) is 9.11. The van der Waals surface area contributed by atoms with E-state index in [1.165, 1.54) is 14.2 Å². The van der Waals surface area contributed by atoms with E-state index in [9.17, 15) is 4.79 Å². The van der Waals surface area contributed by atoms with Crippen molar-refractivity contribution in [2.24, 2.45) is 0 Å². The Kier molecular flexibility index (Phi) is 6.98. The average molecular weight is 412 g/mol. The van der Waals surface area contributed by atoms with E-state index in [-0.39, 0.29) is 18.9 Å². The molecule has 0 fully saturated rings. The lowest BCUT2D eigenvalue weighted by atomic mass is 10.1. The molecule has 0 aliphatic carbocycles.